The van der Waals surface area contributed by atoms with Gasteiger partial charge in [0.25, 0.3) is 0 Å². The molecule has 0 radical (unpaired) electrons. The predicted molar refractivity (Wildman–Crippen MR) is 123 cm³/mol. The van der Waals surface area contributed by atoms with Crippen LogP contribution in [-0.4, -0.2) is 48.3 Å². The average Bonchev–Trinajstić information content (AvgIpc) is 2.77. The summed E-state index contributed by atoms with van der Waals surface area (Å²) in [5, 5.41) is 6.55. The van der Waals surface area contributed by atoms with E-state index in [1.807, 2.05) is 32.0 Å². The van der Waals surface area contributed by atoms with Crippen LogP contribution in [-0.2, 0) is 27.8 Å². The van der Waals surface area contributed by atoms with Gasteiger partial charge in [0.2, 0.25) is 10.0 Å². The molecule has 0 aromatic heterocycles. The molecule has 0 bridgehead atoms. The van der Waals surface area contributed by atoms with Gasteiger partial charge in [-0.25, -0.2) is 18.1 Å². The van der Waals surface area contributed by atoms with Crippen LogP contribution in [0.3, 0.4) is 0 Å². The molecule has 31 heavy (non-hydrogen) atoms. The number of benzene rings is 2. The molecule has 0 unspecified atom stereocenters. The highest BCUT2D eigenvalue weighted by atomic mass is 32.2. The molecule has 0 saturated heterocycles. The van der Waals surface area contributed by atoms with Crippen molar-refractivity contribution in [2.24, 2.45) is 4.99 Å². The van der Waals surface area contributed by atoms with E-state index >= 15 is 0 Å². The smallest absolute Gasteiger partial charge is 0.240 e. The van der Waals surface area contributed by atoms with Crippen molar-refractivity contribution in [2.75, 3.05) is 33.9 Å². The van der Waals surface area contributed by atoms with E-state index in [2.05, 4.69) is 20.3 Å². The second kappa shape index (κ2) is 12.3. The summed E-state index contributed by atoms with van der Waals surface area (Å²) in [6.45, 7) is 6.73. The first kappa shape index (κ1) is 24.6. The molecule has 9 heteroatoms. The standard InChI is InChI=1S/C22H32N4O4S/c1-5-24-22(25-15-18-7-10-20(11-8-18)31(27,28)23-3)26-16-19-9-6-17(2)14-21(19)30-13-12-29-4/h6-11,14,23H,5,12-13,15-16H2,1-4H3,(H2,24,25,26). The van der Waals surface area contributed by atoms with Crippen LogP contribution in [0.1, 0.15) is 23.6 Å². The van der Waals surface area contributed by atoms with Gasteiger partial charge >= 0.3 is 0 Å². The fourth-order valence-corrected chi connectivity index (χ4v) is 3.49. The highest BCUT2D eigenvalue weighted by molar-refractivity contribution is 7.89. The third-order valence-electron chi connectivity index (χ3n) is 4.48. The Bertz CT molecular complexity index is 960. The molecule has 0 saturated carbocycles. The van der Waals surface area contributed by atoms with Crippen LogP contribution in [0, 0.1) is 6.92 Å². The summed E-state index contributed by atoms with van der Waals surface area (Å²) in [6, 6.07) is 12.8. The van der Waals surface area contributed by atoms with Crippen LogP contribution < -0.4 is 20.1 Å². The quantitative estimate of drug-likeness (QED) is 0.277. The lowest BCUT2D eigenvalue weighted by Crippen LogP contribution is -2.36. The van der Waals surface area contributed by atoms with Crippen LogP contribution in [0.25, 0.3) is 0 Å². The first-order valence-electron chi connectivity index (χ1n) is 10.2. The molecule has 2 aromatic carbocycles. The average molecular weight is 449 g/mol. The van der Waals surface area contributed by atoms with Crippen molar-refractivity contribution >= 4 is 16.0 Å². The van der Waals surface area contributed by atoms with E-state index in [0.29, 0.717) is 32.3 Å². The molecule has 0 atom stereocenters. The van der Waals surface area contributed by atoms with Crippen molar-refractivity contribution in [1.29, 1.82) is 0 Å². The van der Waals surface area contributed by atoms with Crippen molar-refractivity contribution < 1.29 is 17.9 Å². The van der Waals surface area contributed by atoms with Gasteiger partial charge < -0.3 is 20.1 Å². The number of hydrogen-bond acceptors (Lipinski definition) is 5. The molecule has 0 amide bonds. The van der Waals surface area contributed by atoms with E-state index in [9.17, 15) is 8.42 Å². The van der Waals surface area contributed by atoms with Crippen LogP contribution in [0.4, 0.5) is 0 Å². The van der Waals surface area contributed by atoms with Crippen LogP contribution in [0.5, 0.6) is 5.75 Å². The van der Waals surface area contributed by atoms with Crippen LogP contribution >= 0.6 is 0 Å². The second-order valence-electron chi connectivity index (χ2n) is 6.85. The van der Waals surface area contributed by atoms with Crippen LogP contribution in [0.2, 0.25) is 0 Å². The third kappa shape index (κ3) is 7.86. The minimum atomic E-state index is -3.44. The number of nitrogens with one attached hydrogen (secondary N) is 3. The molecule has 170 valence electrons. The number of nitrogens with zero attached hydrogens (tertiary/aromatic N) is 1. The minimum Gasteiger partial charge on any atom is -0.491 e. The molecule has 2 rings (SSSR count). The minimum absolute atomic E-state index is 0.230. The van der Waals surface area contributed by atoms with Crippen molar-refractivity contribution in [2.45, 2.75) is 31.8 Å². The van der Waals surface area contributed by atoms with Gasteiger partial charge in [0.15, 0.2) is 5.96 Å². The molecule has 3 N–H and O–H groups in total. The van der Waals surface area contributed by atoms with Gasteiger partial charge in [0.05, 0.1) is 18.0 Å². The summed E-state index contributed by atoms with van der Waals surface area (Å²) in [7, 11) is -0.400. The van der Waals surface area contributed by atoms with Gasteiger partial charge in [-0.15, -0.1) is 0 Å². The van der Waals surface area contributed by atoms with Crippen molar-refractivity contribution in [3.8, 4) is 5.75 Å². The van der Waals surface area contributed by atoms with E-state index in [-0.39, 0.29) is 4.90 Å². The Morgan fingerprint density at radius 1 is 1.06 bits per heavy atom. The lowest BCUT2D eigenvalue weighted by atomic mass is 10.1. The molecule has 0 spiro atoms. The van der Waals surface area contributed by atoms with Gasteiger partial charge in [-0.3, -0.25) is 0 Å². The molecular formula is C22H32N4O4S. The number of guanidine groups is 1. The summed E-state index contributed by atoms with van der Waals surface area (Å²) < 4.78 is 36.9. The number of aliphatic imine (C=N–C) groups is 1. The number of hydrogen-bond donors (Lipinski definition) is 3. The Morgan fingerprint density at radius 2 is 1.81 bits per heavy atom. The topological polar surface area (TPSA) is 101 Å². The third-order valence-corrected chi connectivity index (χ3v) is 5.91. The van der Waals surface area contributed by atoms with Crippen LogP contribution in [0.15, 0.2) is 52.4 Å². The maximum atomic E-state index is 11.8. The summed E-state index contributed by atoms with van der Waals surface area (Å²) in [6.07, 6.45) is 0. The first-order chi connectivity index (χ1) is 14.9. The molecule has 8 nitrogen and oxygen atoms in total. The maximum Gasteiger partial charge on any atom is 0.240 e. The Morgan fingerprint density at radius 3 is 2.45 bits per heavy atom. The summed E-state index contributed by atoms with van der Waals surface area (Å²) in [4.78, 5) is 4.83. The number of ether oxygens (including phenoxy) is 2. The molecule has 2 aromatic rings. The predicted octanol–water partition coefficient (Wildman–Crippen LogP) is 2.18. The monoisotopic (exact) mass is 448 g/mol. The van der Waals surface area contributed by atoms with E-state index < -0.39 is 10.0 Å². The van der Waals surface area contributed by atoms with E-state index in [1.165, 1.54) is 7.05 Å². The summed E-state index contributed by atoms with van der Waals surface area (Å²) in [5.41, 5.74) is 3.06. The van der Waals surface area contributed by atoms with Gasteiger partial charge in [-0.05, 0) is 50.2 Å². The zero-order valence-electron chi connectivity index (χ0n) is 18.6. The Kier molecular flexibility index (Phi) is 9.77. The zero-order chi connectivity index (χ0) is 22.7. The molecular weight excluding hydrogens is 416 g/mol. The molecule has 0 aliphatic rings. The number of aryl methyl sites for hydroxylation is 1. The highest BCUT2D eigenvalue weighted by Gasteiger charge is 2.10. The van der Waals surface area contributed by atoms with E-state index in [4.69, 9.17) is 9.47 Å². The fraction of sp³-hybridized carbons (Fsp3) is 0.409. The lowest BCUT2D eigenvalue weighted by Gasteiger charge is -2.15. The zero-order valence-corrected chi connectivity index (χ0v) is 19.4. The summed E-state index contributed by atoms with van der Waals surface area (Å²) >= 11 is 0. The van der Waals surface area contributed by atoms with Crippen molar-refractivity contribution in [3.05, 3.63) is 59.2 Å². The lowest BCUT2D eigenvalue weighted by molar-refractivity contribution is 0.145. The maximum absolute atomic E-state index is 11.8. The number of rotatable bonds is 11. The van der Waals surface area contributed by atoms with Gasteiger partial charge in [0, 0.05) is 25.8 Å². The summed E-state index contributed by atoms with van der Waals surface area (Å²) in [5.74, 6) is 1.49. The second-order valence-corrected chi connectivity index (χ2v) is 8.74. The molecule has 0 heterocycles. The first-order valence-corrected chi connectivity index (χ1v) is 11.6. The van der Waals surface area contributed by atoms with Gasteiger partial charge in [-0.2, -0.15) is 0 Å². The van der Waals surface area contributed by atoms with E-state index in [1.54, 1.807) is 31.4 Å². The Labute approximate surface area is 185 Å². The van der Waals surface area contributed by atoms with Gasteiger partial charge in [-0.1, -0.05) is 24.3 Å². The fourth-order valence-electron chi connectivity index (χ4n) is 2.76. The molecule has 0 fully saturated rings. The molecule has 0 aliphatic heterocycles. The van der Waals surface area contributed by atoms with E-state index in [0.717, 1.165) is 29.0 Å². The Balaban J connectivity index is 2.05. The molecule has 0 aliphatic carbocycles. The normalized spacial score (nSPS) is 11.9. The number of methoxy groups -OCH3 is 1. The van der Waals surface area contributed by atoms with Crippen molar-refractivity contribution in [3.63, 3.8) is 0 Å². The van der Waals surface area contributed by atoms with Gasteiger partial charge in [0.1, 0.15) is 12.4 Å². The van der Waals surface area contributed by atoms with Crippen molar-refractivity contribution in [1.82, 2.24) is 15.4 Å². The largest absolute Gasteiger partial charge is 0.491 e. The Hall–Kier alpha value is -2.62. The SMILES string of the molecule is CCNC(=NCc1ccc(S(=O)(=O)NC)cc1)NCc1ccc(C)cc1OCCOC. The number of sulfonamides is 1. The highest BCUT2D eigenvalue weighted by Crippen LogP contribution is 2.20.